The van der Waals surface area contributed by atoms with E-state index in [1.807, 2.05) is 13.8 Å². The Balaban J connectivity index is 4.01. The van der Waals surface area contributed by atoms with E-state index in [0.29, 0.717) is 25.5 Å². The molecule has 14 heavy (non-hydrogen) atoms. The van der Waals surface area contributed by atoms with Crippen molar-refractivity contribution in [2.75, 3.05) is 20.3 Å². The molecule has 0 aliphatic carbocycles. The molecule has 0 rings (SSSR count). The minimum absolute atomic E-state index is 0.324. The van der Waals surface area contributed by atoms with Crippen LogP contribution in [-0.2, 0) is 9.53 Å². The molecule has 0 amide bonds. The lowest BCUT2D eigenvalue weighted by molar-refractivity contribution is -0.144. The van der Waals surface area contributed by atoms with Gasteiger partial charge in [0.1, 0.15) is 5.54 Å². The van der Waals surface area contributed by atoms with Crippen molar-refractivity contribution in [3.8, 4) is 0 Å². The summed E-state index contributed by atoms with van der Waals surface area (Å²) in [5.74, 6) is -0.477. The highest BCUT2D eigenvalue weighted by Crippen LogP contribution is 2.09. The summed E-state index contributed by atoms with van der Waals surface area (Å²) in [6, 6.07) is 0. The molecule has 0 bridgehead atoms. The highest BCUT2D eigenvalue weighted by Gasteiger charge is 2.30. The zero-order chi connectivity index (χ0) is 11.2. The van der Waals surface area contributed by atoms with E-state index in [0.717, 1.165) is 0 Å². The van der Waals surface area contributed by atoms with Gasteiger partial charge in [0.25, 0.3) is 0 Å². The van der Waals surface area contributed by atoms with Crippen molar-refractivity contribution in [3.63, 3.8) is 0 Å². The fourth-order valence-corrected chi connectivity index (χ4v) is 1.09. The van der Waals surface area contributed by atoms with Gasteiger partial charge in [0.05, 0.1) is 0 Å². The largest absolute Gasteiger partial charge is 0.480 e. The summed E-state index contributed by atoms with van der Waals surface area (Å²) in [6.45, 7) is 6.89. The molecule has 4 heteroatoms. The lowest BCUT2D eigenvalue weighted by Crippen LogP contribution is -2.50. The Kier molecular flexibility index (Phi) is 5.72. The molecule has 2 N–H and O–H groups in total. The molecule has 0 aromatic rings. The Bertz CT molecular complexity index is 184. The van der Waals surface area contributed by atoms with Gasteiger partial charge in [0.15, 0.2) is 0 Å². The first-order chi connectivity index (χ1) is 6.46. The summed E-state index contributed by atoms with van der Waals surface area (Å²) in [4.78, 5) is 10.9. The van der Waals surface area contributed by atoms with E-state index in [4.69, 9.17) is 9.84 Å². The van der Waals surface area contributed by atoms with Crippen LogP contribution < -0.4 is 5.32 Å². The summed E-state index contributed by atoms with van der Waals surface area (Å²) in [5, 5.41) is 12.0. The number of nitrogens with one attached hydrogen (secondary N) is 1. The molecular formula is C10H21NO3. The van der Waals surface area contributed by atoms with Crippen LogP contribution in [0.2, 0.25) is 0 Å². The van der Waals surface area contributed by atoms with Gasteiger partial charge in [-0.05, 0) is 19.3 Å². The second-order valence-electron chi connectivity index (χ2n) is 3.93. The van der Waals surface area contributed by atoms with Crippen LogP contribution in [0.3, 0.4) is 0 Å². The van der Waals surface area contributed by atoms with Crippen molar-refractivity contribution in [1.82, 2.24) is 5.32 Å². The summed E-state index contributed by atoms with van der Waals surface area (Å²) in [5.41, 5.74) is -0.817. The number of aliphatic carboxylic acids is 1. The van der Waals surface area contributed by atoms with Crippen molar-refractivity contribution in [1.29, 1.82) is 0 Å². The molecule has 0 fully saturated rings. The van der Waals surface area contributed by atoms with Crippen LogP contribution in [0.5, 0.6) is 0 Å². The molecule has 4 nitrogen and oxygen atoms in total. The second kappa shape index (κ2) is 5.98. The maximum atomic E-state index is 10.9. The third-order valence-corrected chi connectivity index (χ3v) is 2.47. The molecule has 0 spiro atoms. The first-order valence-corrected chi connectivity index (χ1v) is 4.93. The maximum absolute atomic E-state index is 10.9. The summed E-state index contributed by atoms with van der Waals surface area (Å²) >= 11 is 0. The number of carboxylic acids is 1. The van der Waals surface area contributed by atoms with Crippen LogP contribution in [-0.4, -0.2) is 36.9 Å². The number of hydrogen-bond acceptors (Lipinski definition) is 3. The molecule has 0 aliphatic heterocycles. The van der Waals surface area contributed by atoms with Crippen molar-refractivity contribution >= 4 is 5.97 Å². The third kappa shape index (κ3) is 4.07. The standard InChI is InChI=1S/C10H21NO3/c1-5-10(3,9(12)13)11-6-8(2)7-14-4/h8,11H,5-7H2,1-4H3,(H,12,13). The van der Waals surface area contributed by atoms with E-state index >= 15 is 0 Å². The van der Waals surface area contributed by atoms with Crippen LogP contribution >= 0.6 is 0 Å². The molecule has 0 heterocycles. The molecule has 0 saturated carbocycles. The summed E-state index contributed by atoms with van der Waals surface area (Å²) in [7, 11) is 1.65. The van der Waals surface area contributed by atoms with E-state index in [9.17, 15) is 4.79 Å². The van der Waals surface area contributed by atoms with Crippen molar-refractivity contribution in [2.24, 2.45) is 5.92 Å². The van der Waals surface area contributed by atoms with Crippen LogP contribution in [0.25, 0.3) is 0 Å². The number of hydrogen-bond donors (Lipinski definition) is 2. The predicted molar refractivity (Wildman–Crippen MR) is 55.4 cm³/mol. The Morgan fingerprint density at radius 1 is 1.64 bits per heavy atom. The van der Waals surface area contributed by atoms with Crippen LogP contribution in [0.4, 0.5) is 0 Å². The van der Waals surface area contributed by atoms with Gasteiger partial charge in [0.2, 0.25) is 0 Å². The fraction of sp³-hybridized carbons (Fsp3) is 0.900. The smallest absolute Gasteiger partial charge is 0.323 e. The molecule has 0 radical (unpaired) electrons. The average molecular weight is 203 g/mol. The second-order valence-corrected chi connectivity index (χ2v) is 3.93. The maximum Gasteiger partial charge on any atom is 0.323 e. The predicted octanol–water partition coefficient (Wildman–Crippen LogP) is 1.11. The average Bonchev–Trinajstić information content (AvgIpc) is 2.14. The first kappa shape index (κ1) is 13.4. The summed E-state index contributed by atoms with van der Waals surface area (Å²) in [6.07, 6.45) is 0.571. The molecule has 0 aromatic carbocycles. The zero-order valence-corrected chi connectivity index (χ0v) is 9.46. The van der Waals surface area contributed by atoms with Gasteiger partial charge >= 0.3 is 5.97 Å². The normalized spacial score (nSPS) is 17.4. The van der Waals surface area contributed by atoms with E-state index in [1.54, 1.807) is 14.0 Å². The van der Waals surface area contributed by atoms with Gasteiger partial charge < -0.3 is 15.2 Å². The van der Waals surface area contributed by atoms with Crippen molar-refractivity contribution in [2.45, 2.75) is 32.7 Å². The third-order valence-electron chi connectivity index (χ3n) is 2.47. The number of carbonyl (C=O) groups is 1. The Morgan fingerprint density at radius 3 is 2.57 bits per heavy atom. The molecule has 0 aromatic heterocycles. The highest BCUT2D eigenvalue weighted by molar-refractivity contribution is 5.78. The summed E-state index contributed by atoms with van der Waals surface area (Å²) < 4.78 is 4.98. The van der Waals surface area contributed by atoms with E-state index in [1.165, 1.54) is 0 Å². The number of methoxy groups -OCH3 is 1. The van der Waals surface area contributed by atoms with E-state index in [-0.39, 0.29) is 0 Å². The molecule has 0 saturated heterocycles. The monoisotopic (exact) mass is 203 g/mol. The van der Waals surface area contributed by atoms with Gasteiger partial charge in [-0.1, -0.05) is 13.8 Å². The van der Waals surface area contributed by atoms with Gasteiger partial charge in [-0.2, -0.15) is 0 Å². The highest BCUT2D eigenvalue weighted by atomic mass is 16.5. The number of rotatable bonds is 7. The van der Waals surface area contributed by atoms with Crippen molar-refractivity contribution in [3.05, 3.63) is 0 Å². The molecular weight excluding hydrogens is 182 g/mol. The Labute approximate surface area is 85.6 Å². The minimum atomic E-state index is -0.817. The molecule has 0 aliphatic rings. The van der Waals surface area contributed by atoms with Crippen molar-refractivity contribution < 1.29 is 14.6 Å². The van der Waals surface area contributed by atoms with Gasteiger partial charge in [-0.25, -0.2) is 0 Å². The fourth-order valence-electron chi connectivity index (χ4n) is 1.09. The Hall–Kier alpha value is -0.610. The Morgan fingerprint density at radius 2 is 2.21 bits per heavy atom. The number of carboxylic acid groups (broad SMARTS) is 1. The molecule has 2 atom stereocenters. The SMILES string of the molecule is CCC(C)(NCC(C)COC)C(=O)O. The zero-order valence-electron chi connectivity index (χ0n) is 9.46. The van der Waals surface area contributed by atoms with E-state index in [2.05, 4.69) is 5.32 Å². The lowest BCUT2D eigenvalue weighted by atomic mass is 9.98. The topological polar surface area (TPSA) is 58.6 Å². The number of ether oxygens (including phenoxy) is 1. The van der Waals surface area contributed by atoms with Crippen LogP contribution in [0, 0.1) is 5.92 Å². The molecule has 2 unspecified atom stereocenters. The first-order valence-electron chi connectivity index (χ1n) is 4.93. The van der Waals surface area contributed by atoms with Crippen LogP contribution in [0.15, 0.2) is 0 Å². The minimum Gasteiger partial charge on any atom is -0.480 e. The van der Waals surface area contributed by atoms with Gasteiger partial charge in [0, 0.05) is 20.3 Å². The lowest BCUT2D eigenvalue weighted by Gasteiger charge is -2.26. The quantitative estimate of drug-likeness (QED) is 0.651. The van der Waals surface area contributed by atoms with Gasteiger partial charge in [-0.15, -0.1) is 0 Å². The van der Waals surface area contributed by atoms with E-state index < -0.39 is 11.5 Å². The van der Waals surface area contributed by atoms with Crippen LogP contribution in [0.1, 0.15) is 27.2 Å². The van der Waals surface area contributed by atoms with Gasteiger partial charge in [-0.3, -0.25) is 4.79 Å². The molecule has 84 valence electrons.